The molecule has 0 aromatic heterocycles. The van der Waals surface area contributed by atoms with Crippen molar-refractivity contribution in [3.8, 4) is 5.75 Å². The molecule has 0 aliphatic heterocycles. The zero-order chi connectivity index (χ0) is 12.1. The van der Waals surface area contributed by atoms with Gasteiger partial charge in [-0.25, -0.2) is 0 Å². The molecule has 0 saturated heterocycles. The number of ketones is 1. The summed E-state index contributed by atoms with van der Waals surface area (Å²) in [6.07, 6.45) is 0.726. The third-order valence-electron chi connectivity index (χ3n) is 2.75. The minimum absolute atomic E-state index is 0.0166. The second-order valence-corrected chi connectivity index (χ2v) is 4.02. The van der Waals surface area contributed by atoms with Gasteiger partial charge >= 0.3 is 0 Å². The molecule has 3 nitrogen and oxygen atoms in total. The van der Waals surface area contributed by atoms with Gasteiger partial charge in [-0.05, 0) is 43.7 Å². The first-order chi connectivity index (χ1) is 7.60. The molecule has 0 spiro atoms. The number of benzene rings is 1. The highest BCUT2D eigenvalue weighted by molar-refractivity contribution is 5.99. The van der Waals surface area contributed by atoms with Crippen LogP contribution < -0.4 is 10.5 Å². The second kappa shape index (κ2) is 5.66. The molecule has 88 valence electrons. The van der Waals surface area contributed by atoms with Crippen molar-refractivity contribution in [2.24, 2.45) is 11.7 Å². The number of Topliss-reactive ketones (excluding diaryl/α,β-unsaturated/α-hetero) is 1. The van der Waals surface area contributed by atoms with Gasteiger partial charge < -0.3 is 10.5 Å². The summed E-state index contributed by atoms with van der Waals surface area (Å²) in [5.41, 5.74) is 7.17. The molecule has 16 heavy (non-hydrogen) atoms. The number of hydrogen-bond acceptors (Lipinski definition) is 3. The Labute approximate surface area is 96.6 Å². The lowest BCUT2D eigenvalue weighted by atomic mass is 9.93. The zero-order valence-corrected chi connectivity index (χ0v) is 10.1. The number of hydrogen-bond donors (Lipinski definition) is 1. The fourth-order valence-electron chi connectivity index (χ4n) is 1.69. The van der Waals surface area contributed by atoms with Gasteiger partial charge in [0.05, 0.1) is 7.11 Å². The summed E-state index contributed by atoms with van der Waals surface area (Å²) >= 11 is 0. The molecule has 1 atom stereocenters. The van der Waals surface area contributed by atoms with Crippen LogP contribution in [0.3, 0.4) is 0 Å². The van der Waals surface area contributed by atoms with E-state index in [0.29, 0.717) is 6.54 Å². The van der Waals surface area contributed by atoms with E-state index in [-0.39, 0.29) is 11.7 Å². The molecule has 1 rings (SSSR count). The lowest BCUT2D eigenvalue weighted by molar-refractivity contribution is 0.0925. The number of carbonyl (C=O) groups excluding carboxylic acids is 1. The lowest BCUT2D eigenvalue weighted by Crippen LogP contribution is -2.16. The molecule has 0 radical (unpaired) electrons. The van der Waals surface area contributed by atoms with Crippen LogP contribution in [0.2, 0.25) is 0 Å². The molecule has 3 heteroatoms. The summed E-state index contributed by atoms with van der Waals surface area (Å²) in [4.78, 5) is 12.1. The van der Waals surface area contributed by atoms with Crippen molar-refractivity contribution < 1.29 is 9.53 Å². The first-order valence-electron chi connectivity index (χ1n) is 5.49. The molecule has 0 amide bonds. The van der Waals surface area contributed by atoms with Crippen molar-refractivity contribution in [1.29, 1.82) is 0 Å². The van der Waals surface area contributed by atoms with E-state index in [0.717, 1.165) is 23.3 Å². The fraction of sp³-hybridized carbons (Fsp3) is 0.462. The van der Waals surface area contributed by atoms with Crippen LogP contribution in [-0.4, -0.2) is 19.4 Å². The first-order valence-corrected chi connectivity index (χ1v) is 5.49. The maximum absolute atomic E-state index is 12.1. The summed E-state index contributed by atoms with van der Waals surface area (Å²) < 4.78 is 5.11. The quantitative estimate of drug-likeness (QED) is 0.775. The molecule has 0 saturated carbocycles. The normalized spacial score (nSPS) is 12.2. The number of carbonyl (C=O) groups is 1. The van der Waals surface area contributed by atoms with E-state index < -0.39 is 0 Å². The summed E-state index contributed by atoms with van der Waals surface area (Å²) in [5, 5.41) is 0. The molecule has 0 aliphatic carbocycles. The van der Waals surface area contributed by atoms with Gasteiger partial charge in [-0.2, -0.15) is 0 Å². The smallest absolute Gasteiger partial charge is 0.165 e. The van der Waals surface area contributed by atoms with E-state index in [4.69, 9.17) is 10.5 Å². The van der Waals surface area contributed by atoms with Gasteiger partial charge in [-0.1, -0.05) is 6.92 Å². The Bertz CT molecular complexity index is 374. The third-order valence-corrected chi connectivity index (χ3v) is 2.75. The summed E-state index contributed by atoms with van der Waals surface area (Å²) in [6, 6.07) is 5.52. The lowest BCUT2D eigenvalue weighted by Gasteiger charge is -2.12. The van der Waals surface area contributed by atoms with E-state index >= 15 is 0 Å². The van der Waals surface area contributed by atoms with Crippen molar-refractivity contribution in [3.05, 3.63) is 29.3 Å². The Morgan fingerprint density at radius 1 is 1.50 bits per heavy atom. The average Bonchev–Trinajstić information content (AvgIpc) is 2.28. The Kier molecular flexibility index (Phi) is 4.50. The Hall–Kier alpha value is -1.35. The highest BCUT2D eigenvalue weighted by Gasteiger charge is 2.16. The molecule has 0 bridgehead atoms. The third kappa shape index (κ3) is 2.83. The molecule has 0 heterocycles. The van der Waals surface area contributed by atoms with Crippen molar-refractivity contribution in [1.82, 2.24) is 0 Å². The van der Waals surface area contributed by atoms with Gasteiger partial charge in [0.1, 0.15) is 5.75 Å². The molecule has 1 aromatic rings. The number of ether oxygens (including phenoxy) is 1. The maximum Gasteiger partial charge on any atom is 0.165 e. The van der Waals surface area contributed by atoms with Crippen LogP contribution in [-0.2, 0) is 0 Å². The number of methoxy groups -OCH3 is 1. The molecule has 1 unspecified atom stereocenters. The first kappa shape index (κ1) is 12.7. The van der Waals surface area contributed by atoms with Crippen molar-refractivity contribution in [2.45, 2.75) is 20.3 Å². The molecule has 0 fully saturated rings. The van der Waals surface area contributed by atoms with E-state index in [2.05, 4.69) is 0 Å². The van der Waals surface area contributed by atoms with Gasteiger partial charge in [0.15, 0.2) is 5.78 Å². The Morgan fingerprint density at radius 3 is 2.69 bits per heavy atom. The number of aryl methyl sites for hydroxylation is 1. The predicted octanol–water partition coefficient (Wildman–Crippen LogP) is 2.17. The molecular weight excluding hydrogens is 202 g/mol. The van der Waals surface area contributed by atoms with Crippen molar-refractivity contribution in [3.63, 3.8) is 0 Å². The van der Waals surface area contributed by atoms with E-state index in [1.165, 1.54) is 0 Å². The van der Waals surface area contributed by atoms with Crippen LogP contribution in [0.1, 0.15) is 29.3 Å². The number of nitrogens with two attached hydrogens (primary N) is 1. The van der Waals surface area contributed by atoms with Gasteiger partial charge in [0.25, 0.3) is 0 Å². The van der Waals surface area contributed by atoms with Crippen LogP contribution in [0.25, 0.3) is 0 Å². The minimum Gasteiger partial charge on any atom is -0.497 e. The predicted molar refractivity (Wildman–Crippen MR) is 64.9 cm³/mol. The summed E-state index contributed by atoms with van der Waals surface area (Å²) in [7, 11) is 1.62. The van der Waals surface area contributed by atoms with Gasteiger partial charge in [0.2, 0.25) is 0 Å². The zero-order valence-electron chi connectivity index (χ0n) is 10.1. The highest BCUT2D eigenvalue weighted by Crippen LogP contribution is 2.20. The van der Waals surface area contributed by atoms with Crippen LogP contribution in [0.15, 0.2) is 18.2 Å². The summed E-state index contributed by atoms with van der Waals surface area (Å²) in [5.74, 6) is 0.920. The number of rotatable bonds is 5. The fourth-order valence-corrected chi connectivity index (χ4v) is 1.69. The molecule has 1 aromatic carbocycles. The minimum atomic E-state index is -0.0166. The van der Waals surface area contributed by atoms with E-state index in [1.807, 2.05) is 32.0 Å². The van der Waals surface area contributed by atoms with Gasteiger partial charge in [-0.15, -0.1) is 0 Å². The Morgan fingerprint density at radius 2 is 2.19 bits per heavy atom. The molecule has 0 aliphatic rings. The van der Waals surface area contributed by atoms with E-state index in [9.17, 15) is 4.79 Å². The van der Waals surface area contributed by atoms with Crippen molar-refractivity contribution >= 4 is 5.78 Å². The van der Waals surface area contributed by atoms with Gasteiger partial charge in [0, 0.05) is 11.5 Å². The van der Waals surface area contributed by atoms with Gasteiger partial charge in [-0.3, -0.25) is 4.79 Å². The van der Waals surface area contributed by atoms with Crippen LogP contribution >= 0.6 is 0 Å². The molecular formula is C13H19NO2. The van der Waals surface area contributed by atoms with Crippen LogP contribution in [0.5, 0.6) is 5.75 Å². The van der Waals surface area contributed by atoms with E-state index in [1.54, 1.807) is 7.11 Å². The van der Waals surface area contributed by atoms with Crippen molar-refractivity contribution in [2.75, 3.05) is 13.7 Å². The standard InChI is InChI=1S/C13H19NO2/c1-9(6-7-14)13(15)12-5-4-11(16-3)8-10(12)2/h4-5,8-9H,6-7,14H2,1-3H3. The van der Waals surface area contributed by atoms with Crippen LogP contribution in [0.4, 0.5) is 0 Å². The van der Waals surface area contributed by atoms with Crippen LogP contribution in [0, 0.1) is 12.8 Å². The monoisotopic (exact) mass is 221 g/mol. The SMILES string of the molecule is COc1ccc(C(=O)C(C)CCN)c(C)c1. The topological polar surface area (TPSA) is 52.3 Å². The maximum atomic E-state index is 12.1. The largest absolute Gasteiger partial charge is 0.497 e. The highest BCUT2D eigenvalue weighted by atomic mass is 16.5. The molecule has 2 N–H and O–H groups in total. The average molecular weight is 221 g/mol. The summed E-state index contributed by atoms with van der Waals surface area (Å²) in [6.45, 7) is 4.38. The second-order valence-electron chi connectivity index (χ2n) is 4.02. The Balaban J connectivity index is 2.91.